The van der Waals surface area contributed by atoms with Crippen LogP contribution in [0.3, 0.4) is 0 Å². The Kier molecular flexibility index (Phi) is 6.29. The maximum absolute atomic E-state index is 13.4. The summed E-state index contributed by atoms with van der Waals surface area (Å²) in [6.07, 6.45) is 1.17. The lowest BCUT2D eigenvalue weighted by Crippen LogP contribution is -2.22. The van der Waals surface area contributed by atoms with Gasteiger partial charge in [-0.1, -0.05) is 22.9 Å². The number of aliphatic carboxylic acids is 1. The standard InChI is InChI=1S/C13H17BrFNO2/c1-9(13(17)18)4-6-16-7-5-10-8-11(14)2-3-12(10)15/h2-3,8-9,16H,4-7H2,1H3,(H,17,18). The van der Waals surface area contributed by atoms with Gasteiger partial charge in [-0.15, -0.1) is 0 Å². The van der Waals surface area contributed by atoms with Crippen molar-refractivity contribution in [2.75, 3.05) is 13.1 Å². The molecule has 0 bridgehead atoms. The minimum atomic E-state index is -0.783. The number of hydrogen-bond acceptors (Lipinski definition) is 2. The zero-order chi connectivity index (χ0) is 13.5. The summed E-state index contributed by atoms with van der Waals surface area (Å²) < 4.78 is 14.2. The normalized spacial score (nSPS) is 12.4. The van der Waals surface area contributed by atoms with E-state index in [1.165, 1.54) is 6.07 Å². The maximum atomic E-state index is 13.4. The molecule has 1 unspecified atom stereocenters. The van der Waals surface area contributed by atoms with E-state index < -0.39 is 5.97 Å². The van der Waals surface area contributed by atoms with E-state index >= 15 is 0 Å². The molecular weight excluding hydrogens is 301 g/mol. The van der Waals surface area contributed by atoms with Gasteiger partial charge in [0, 0.05) is 4.47 Å². The summed E-state index contributed by atoms with van der Waals surface area (Å²) in [7, 11) is 0. The molecule has 0 spiro atoms. The summed E-state index contributed by atoms with van der Waals surface area (Å²) in [4.78, 5) is 10.6. The average molecular weight is 318 g/mol. The van der Waals surface area contributed by atoms with Crippen molar-refractivity contribution >= 4 is 21.9 Å². The van der Waals surface area contributed by atoms with E-state index in [2.05, 4.69) is 21.2 Å². The second-order valence-electron chi connectivity index (χ2n) is 4.26. The highest BCUT2D eigenvalue weighted by molar-refractivity contribution is 9.10. The number of carboxylic acid groups (broad SMARTS) is 1. The summed E-state index contributed by atoms with van der Waals surface area (Å²) in [5.74, 6) is -1.34. The Hall–Kier alpha value is -0.940. The fraction of sp³-hybridized carbons (Fsp3) is 0.462. The molecule has 3 nitrogen and oxygen atoms in total. The SMILES string of the molecule is CC(CCNCCc1cc(Br)ccc1F)C(=O)O. The molecule has 0 saturated heterocycles. The second-order valence-corrected chi connectivity index (χ2v) is 5.18. The van der Waals surface area contributed by atoms with Crippen LogP contribution in [0.2, 0.25) is 0 Å². The number of carboxylic acids is 1. The molecule has 0 aromatic heterocycles. The van der Waals surface area contributed by atoms with Crippen molar-refractivity contribution in [1.82, 2.24) is 5.32 Å². The Morgan fingerprint density at radius 2 is 2.22 bits per heavy atom. The van der Waals surface area contributed by atoms with Crippen LogP contribution < -0.4 is 5.32 Å². The van der Waals surface area contributed by atoms with Gasteiger partial charge in [-0.2, -0.15) is 0 Å². The summed E-state index contributed by atoms with van der Waals surface area (Å²) in [5, 5.41) is 11.8. The molecule has 0 aliphatic heterocycles. The third kappa shape index (κ3) is 5.14. The summed E-state index contributed by atoms with van der Waals surface area (Å²) in [6.45, 7) is 2.95. The monoisotopic (exact) mass is 317 g/mol. The molecule has 5 heteroatoms. The summed E-state index contributed by atoms with van der Waals surface area (Å²) in [6, 6.07) is 4.86. The van der Waals surface area contributed by atoms with E-state index in [-0.39, 0.29) is 11.7 Å². The van der Waals surface area contributed by atoms with Crippen LogP contribution in [0.15, 0.2) is 22.7 Å². The number of benzene rings is 1. The average Bonchev–Trinajstić information content (AvgIpc) is 2.32. The van der Waals surface area contributed by atoms with Crippen LogP contribution in [0.25, 0.3) is 0 Å². The number of hydrogen-bond donors (Lipinski definition) is 2. The molecule has 18 heavy (non-hydrogen) atoms. The first-order chi connectivity index (χ1) is 8.50. The molecule has 1 aromatic carbocycles. The fourth-order valence-corrected chi connectivity index (χ4v) is 1.93. The van der Waals surface area contributed by atoms with E-state index in [9.17, 15) is 9.18 Å². The van der Waals surface area contributed by atoms with Crippen molar-refractivity contribution in [3.63, 3.8) is 0 Å². The molecule has 0 heterocycles. The zero-order valence-corrected chi connectivity index (χ0v) is 11.8. The van der Waals surface area contributed by atoms with Gasteiger partial charge < -0.3 is 10.4 Å². The van der Waals surface area contributed by atoms with Gasteiger partial charge in [0.05, 0.1) is 5.92 Å². The van der Waals surface area contributed by atoms with Gasteiger partial charge in [0.15, 0.2) is 0 Å². The van der Waals surface area contributed by atoms with Crippen LogP contribution in [0, 0.1) is 11.7 Å². The van der Waals surface area contributed by atoms with Gasteiger partial charge in [-0.3, -0.25) is 4.79 Å². The predicted molar refractivity (Wildman–Crippen MR) is 72.1 cm³/mol. The number of nitrogens with one attached hydrogen (secondary N) is 1. The molecule has 1 aromatic rings. The lowest BCUT2D eigenvalue weighted by atomic mass is 10.1. The number of halogens is 2. The van der Waals surface area contributed by atoms with Crippen molar-refractivity contribution in [3.8, 4) is 0 Å². The Morgan fingerprint density at radius 1 is 1.50 bits per heavy atom. The van der Waals surface area contributed by atoms with E-state index in [1.807, 2.05) is 0 Å². The molecule has 0 aliphatic rings. The molecule has 0 saturated carbocycles. The smallest absolute Gasteiger partial charge is 0.306 e. The topological polar surface area (TPSA) is 49.3 Å². The second kappa shape index (κ2) is 7.48. The fourth-order valence-electron chi connectivity index (χ4n) is 1.52. The van der Waals surface area contributed by atoms with E-state index in [0.29, 0.717) is 31.5 Å². The van der Waals surface area contributed by atoms with Gasteiger partial charge in [0.2, 0.25) is 0 Å². The van der Waals surface area contributed by atoms with E-state index in [1.54, 1.807) is 19.1 Å². The first-order valence-corrected chi connectivity index (χ1v) is 6.67. The van der Waals surface area contributed by atoms with Crippen molar-refractivity contribution in [3.05, 3.63) is 34.1 Å². The van der Waals surface area contributed by atoms with Gasteiger partial charge >= 0.3 is 5.97 Å². The first-order valence-electron chi connectivity index (χ1n) is 5.88. The summed E-state index contributed by atoms with van der Waals surface area (Å²) >= 11 is 3.30. The van der Waals surface area contributed by atoms with Gasteiger partial charge in [-0.25, -0.2) is 4.39 Å². The molecule has 0 amide bonds. The highest BCUT2D eigenvalue weighted by Crippen LogP contribution is 2.15. The molecule has 100 valence electrons. The minimum Gasteiger partial charge on any atom is -0.481 e. The number of carbonyl (C=O) groups is 1. The Balaban J connectivity index is 2.26. The molecule has 1 atom stereocenters. The van der Waals surface area contributed by atoms with Crippen LogP contribution >= 0.6 is 15.9 Å². The van der Waals surface area contributed by atoms with Crippen LogP contribution in [0.5, 0.6) is 0 Å². The summed E-state index contributed by atoms with van der Waals surface area (Å²) in [5.41, 5.74) is 0.656. The third-order valence-corrected chi connectivity index (χ3v) is 3.25. The zero-order valence-electron chi connectivity index (χ0n) is 10.2. The van der Waals surface area contributed by atoms with Crippen molar-refractivity contribution < 1.29 is 14.3 Å². The Labute approximate surface area is 115 Å². The first kappa shape index (κ1) is 15.1. The van der Waals surface area contributed by atoms with Crippen molar-refractivity contribution in [2.45, 2.75) is 19.8 Å². The van der Waals surface area contributed by atoms with E-state index in [4.69, 9.17) is 5.11 Å². The highest BCUT2D eigenvalue weighted by atomic mass is 79.9. The molecular formula is C13H17BrFNO2. The van der Waals surface area contributed by atoms with Gasteiger partial charge in [-0.05, 0) is 49.7 Å². The Bertz CT molecular complexity index is 412. The van der Waals surface area contributed by atoms with Crippen molar-refractivity contribution in [2.24, 2.45) is 5.92 Å². The molecule has 1 rings (SSSR count). The third-order valence-electron chi connectivity index (χ3n) is 2.75. The van der Waals surface area contributed by atoms with Gasteiger partial charge in [0.25, 0.3) is 0 Å². The maximum Gasteiger partial charge on any atom is 0.306 e. The number of rotatable bonds is 7. The molecule has 0 fully saturated rings. The molecule has 2 N–H and O–H groups in total. The molecule has 0 aliphatic carbocycles. The lowest BCUT2D eigenvalue weighted by molar-refractivity contribution is -0.141. The van der Waals surface area contributed by atoms with Gasteiger partial charge in [0.1, 0.15) is 5.82 Å². The predicted octanol–water partition coefficient (Wildman–Crippen LogP) is 2.83. The van der Waals surface area contributed by atoms with Crippen LogP contribution in [0.1, 0.15) is 18.9 Å². The highest BCUT2D eigenvalue weighted by Gasteiger charge is 2.09. The van der Waals surface area contributed by atoms with E-state index in [0.717, 1.165) is 4.47 Å². The largest absolute Gasteiger partial charge is 0.481 e. The van der Waals surface area contributed by atoms with Crippen LogP contribution in [-0.2, 0) is 11.2 Å². The quantitative estimate of drug-likeness (QED) is 0.760. The van der Waals surface area contributed by atoms with Crippen LogP contribution in [-0.4, -0.2) is 24.2 Å². The van der Waals surface area contributed by atoms with Crippen molar-refractivity contribution in [1.29, 1.82) is 0 Å². The van der Waals surface area contributed by atoms with Crippen LogP contribution in [0.4, 0.5) is 4.39 Å². The lowest BCUT2D eigenvalue weighted by Gasteiger charge is -2.08. The molecule has 0 radical (unpaired) electrons. The minimum absolute atomic E-state index is 0.209. The Morgan fingerprint density at radius 3 is 2.89 bits per heavy atom.